The van der Waals surface area contributed by atoms with Gasteiger partial charge in [-0.1, -0.05) is 24.3 Å². The van der Waals surface area contributed by atoms with Gasteiger partial charge < -0.3 is 15.0 Å². The summed E-state index contributed by atoms with van der Waals surface area (Å²) in [5.41, 5.74) is 8.23. The zero-order valence-electron chi connectivity index (χ0n) is 10.6. The number of aromatic nitrogens is 1. The van der Waals surface area contributed by atoms with Gasteiger partial charge in [0.2, 0.25) is 0 Å². The van der Waals surface area contributed by atoms with Crippen LogP contribution in [0.4, 0.5) is 5.69 Å². The Morgan fingerprint density at radius 1 is 1.26 bits per heavy atom. The first-order chi connectivity index (χ1) is 9.25. The first-order valence-corrected chi connectivity index (χ1v) is 6.40. The van der Waals surface area contributed by atoms with Crippen molar-refractivity contribution >= 4 is 5.69 Å². The third-order valence-electron chi connectivity index (χ3n) is 3.50. The lowest BCUT2D eigenvalue weighted by Gasteiger charge is -2.26. The molecule has 0 amide bonds. The Bertz CT molecular complexity index is 649. The zero-order chi connectivity index (χ0) is 13.2. The van der Waals surface area contributed by atoms with Gasteiger partial charge in [0.25, 0.3) is 5.56 Å². The largest absolute Gasteiger partial charge is 0.394 e. The van der Waals surface area contributed by atoms with E-state index in [-0.39, 0.29) is 17.4 Å². The third kappa shape index (κ3) is 2.27. The first-order valence-electron chi connectivity index (χ1n) is 6.40. The fourth-order valence-electron chi connectivity index (χ4n) is 2.51. The summed E-state index contributed by atoms with van der Waals surface area (Å²) < 4.78 is 7.42. The molecule has 0 spiro atoms. The average Bonchev–Trinajstić information content (AvgIpc) is 2.44. The number of hydrogen-bond acceptors (Lipinski definition) is 3. The second kappa shape index (κ2) is 4.90. The number of hydrogen-bond donors (Lipinski definition) is 1. The van der Waals surface area contributed by atoms with Crippen LogP contribution < -0.4 is 11.3 Å². The quantitative estimate of drug-likeness (QED) is 0.890. The van der Waals surface area contributed by atoms with Crippen molar-refractivity contribution in [2.75, 3.05) is 12.3 Å². The number of pyridine rings is 1. The topological polar surface area (TPSA) is 57.2 Å². The van der Waals surface area contributed by atoms with Crippen LogP contribution in [0, 0.1) is 0 Å². The molecule has 1 unspecified atom stereocenters. The summed E-state index contributed by atoms with van der Waals surface area (Å²) in [6, 6.07) is 11.6. The van der Waals surface area contributed by atoms with Crippen LogP contribution in [-0.4, -0.2) is 11.2 Å². The maximum absolute atomic E-state index is 11.9. The Morgan fingerprint density at radius 3 is 3.00 bits per heavy atom. The van der Waals surface area contributed by atoms with E-state index in [0.717, 1.165) is 6.42 Å². The van der Waals surface area contributed by atoms with Gasteiger partial charge >= 0.3 is 0 Å². The van der Waals surface area contributed by atoms with Crippen LogP contribution in [0.5, 0.6) is 0 Å². The molecule has 0 fully saturated rings. The Hall–Kier alpha value is -2.07. The highest BCUT2D eigenvalue weighted by Gasteiger charge is 2.21. The fourth-order valence-corrected chi connectivity index (χ4v) is 2.51. The number of rotatable bonds is 2. The molecule has 1 aliphatic rings. The molecule has 2 N–H and O–H groups in total. The van der Waals surface area contributed by atoms with E-state index in [4.69, 9.17) is 10.5 Å². The molecule has 1 aromatic carbocycles. The first kappa shape index (κ1) is 12.0. The van der Waals surface area contributed by atoms with Gasteiger partial charge in [0.1, 0.15) is 6.10 Å². The molecule has 19 heavy (non-hydrogen) atoms. The van der Waals surface area contributed by atoms with Gasteiger partial charge in [0.05, 0.1) is 18.8 Å². The highest BCUT2D eigenvalue weighted by molar-refractivity contribution is 5.34. The lowest BCUT2D eigenvalue weighted by atomic mass is 9.97. The van der Waals surface area contributed by atoms with Gasteiger partial charge in [-0.2, -0.15) is 0 Å². The van der Waals surface area contributed by atoms with Crippen molar-refractivity contribution in [1.82, 2.24) is 4.57 Å². The van der Waals surface area contributed by atoms with Gasteiger partial charge in [-0.25, -0.2) is 0 Å². The highest BCUT2D eigenvalue weighted by Crippen LogP contribution is 2.27. The van der Waals surface area contributed by atoms with Crippen LogP contribution in [-0.2, 0) is 17.7 Å². The second-order valence-electron chi connectivity index (χ2n) is 4.73. The molecular weight excluding hydrogens is 240 g/mol. The highest BCUT2D eigenvalue weighted by atomic mass is 16.5. The Balaban J connectivity index is 1.93. The number of nitrogens with two attached hydrogens (primary N) is 1. The summed E-state index contributed by atoms with van der Waals surface area (Å²) in [4.78, 5) is 11.9. The van der Waals surface area contributed by atoms with Crippen molar-refractivity contribution in [2.45, 2.75) is 19.1 Å². The van der Waals surface area contributed by atoms with Gasteiger partial charge in [-0.3, -0.25) is 4.79 Å². The molecule has 0 aliphatic carbocycles. The lowest BCUT2D eigenvalue weighted by Crippen LogP contribution is -2.28. The van der Waals surface area contributed by atoms with Crippen molar-refractivity contribution in [2.24, 2.45) is 0 Å². The molecule has 2 aromatic rings. The molecule has 4 heteroatoms. The molecule has 1 atom stereocenters. The van der Waals surface area contributed by atoms with E-state index in [0.29, 0.717) is 13.2 Å². The van der Waals surface area contributed by atoms with Crippen LogP contribution in [0.25, 0.3) is 0 Å². The molecule has 0 bridgehead atoms. The SMILES string of the molecule is Nc1cccn(CC2OCCc3ccccc32)c1=O. The maximum atomic E-state index is 11.9. The summed E-state index contributed by atoms with van der Waals surface area (Å²) in [5.74, 6) is 0. The number of nitrogens with zero attached hydrogens (tertiary/aromatic N) is 1. The Kier molecular flexibility index (Phi) is 3.09. The molecule has 0 saturated heterocycles. The number of fused-ring (bicyclic) bond motifs is 1. The predicted molar refractivity (Wildman–Crippen MR) is 74.0 cm³/mol. The van der Waals surface area contributed by atoms with Crippen LogP contribution in [0.15, 0.2) is 47.4 Å². The third-order valence-corrected chi connectivity index (χ3v) is 3.50. The minimum atomic E-state index is -0.158. The summed E-state index contributed by atoms with van der Waals surface area (Å²) in [6.07, 6.45) is 2.60. The standard InChI is InChI=1S/C15H16N2O2/c16-13-6-3-8-17(15(13)18)10-14-12-5-2-1-4-11(12)7-9-19-14/h1-6,8,14H,7,9-10,16H2. The Labute approximate surface area is 111 Å². The smallest absolute Gasteiger partial charge is 0.273 e. The van der Waals surface area contributed by atoms with Crippen LogP contribution in [0.3, 0.4) is 0 Å². The summed E-state index contributed by atoms with van der Waals surface area (Å²) in [7, 11) is 0. The number of anilines is 1. The summed E-state index contributed by atoms with van der Waals surface area (Å²) in [6.45, 7) is 1.19. The van der Waals surface area contributed by atoms with Gasteiger partial charge in [-0.15, -0.1) is 0 Å². The van der Waals surface area contributed by atoms with E-state index < -0.39 is 0 Å². The minimum absolute atomic E-state index is 0.0792. The second-order valence-corrected chi connectivity index (χ2v) is 4.73. The molecular formula is C15H16N2O2. The van der Waals surface area contributed by atoms with Gasteiger partial charge in [-0.05, 0) is 29.7 Å². The van der Waals surface area contributed by atoms with Crippen molar-refractivity contribution in [3.63, 3.8) is 0 Å². The molecule has 2 heterocycles. The number of nitrogen functional groups attached to an aromatic ring is 1. The zero-order valence-corrected chi connectivity index (χ0v) is 10.6. The predicted octanol–water partition coefficient (Wildman–Crippen LogP) is 1.74. The van der Waals surface area contributed by atoms with E-state index >= 15 is 0 Å². The molecule has 0 saturated carbocycles. The average molecular weight is 256 g/mol. The van der Waals surface area contributed by atoms with Crippen LogP contribution >= 0.6 is 0 Å². The number of benzene rings is 1. The van der Waals surface area contributed by atoms with E-state index in [1.54, 1.807) is 22.9 Å². The minimum Gasteiger partial charge on any atom is -0.394 e. The normalized spacial score (nSPS) is 18.0. The van der Waals surface area contributed by atoms with E-state index in [1.807, 2.05) is 12.1 Å². The molecule has 4 nitrogen and oxygen atoms in total. The van der Waals surface area contributed by atoms with Gasteiger partial charge in [0.15, 0.2) is 0 Å². The van der Waals surface area contributed by atoms with Gasteiger partial charge in [0, 0.05) is 6.20 Å². The number of ether oxygens (including phenoxy) is 1. The van der Waals surface area contributed by atoms with Crippen molar-refractivity contribution in [3.8, 4) is 0 Å². The fraction of sp³-hybridized carbons (Fsp3) is 0.267. The maximum Gasteiger partial charge on any atom is 0.273 e. The molecule has 98 valence electrons. The monoisotopic (exact) mass is 256 g/mol. The van der Waals surface area contributed by atoms with E-state index in [9.17, 15) is 4.79 Å². The summed E-state index contributed by atoms with van der Waals surface area (Å²) in [5, 5.41) is 0. The van der Waals surface area contributed by atoms with Crippen molar-refractivity contribution in [1.29, 1.82) is 0 Å². The van der Waals surface area contributed by atoms with Crippen molar-refractivity contribution < 1.29 is 4.74 Å². The molecule has 0 radical (unpaired) electrons. The van der Waals surface area contributed by atoms with Crippen LogP contribution in [0.1, 0.15) is 17.2 Å². The van der Waals surface area contributed by atoms with E-state index in [1.165, 1.54) is 11.1 Å². The van der Waals surface area contributed by atoms with E-state index in [2.05, 4.69) is 12.1 Å². The Morgan fingerprint density at radius 2 is 2.11 bits per heavy atom. The van der Waals surface area contributed by atoms with Crippen molar-refractivity contribution in [3.05, 3.63) is 64.1 Å². The summed E-state index contributed by atoms with van der Waals surface area (Å²) >= 11 is 0. The van der Waals surface area contributed by atoms with Crippen LogP contribution in [0.2, 0.25) is 0 Å². The lowest BCUT2D eigenvalue weighted by molar-refractivity contribution is 0.0300. The molecule has 1 aliphatic heterocycles. The molecule has 3 rings (SSSR count). The molecule has 1 aromatic heterocycles.